The highest BCUT2D eigenvalue weighted by Gasteiger charge is 2.21. The molecule has 2 amide bonds. The minimum atomic E-state index is -1.19. The van der Waals surface area contributed by atoms with Crippen molar-refractivity contribution in [2.45, 2.75) is 23.8 Å². The Hall–Kier alpha value is -2.02. The number of hydrogen-bond acceptors (Lipinski definition) is 4. The third kappa shape index (κ3) is 4.93. The number of aliphatic carboxylic acids is 1. The predicted octanol–water partition coefficient (Wildman–Crippen LogP) is 0.857. The maximum absolute atomic E-state index is 12.0. The maximum Gasteiger partial charge on any atom is 0.326 e. The van der Waals surface area contributed by atoms with Gasteiger partial charge < -0.3 is 16.2 Å². The highest BCUT2D eigenvalue weighted by Crippen LogP contribution is 2.16. The Balaban J connectivity index is 2.74. The van der Waals surface area contributed by atoms with E-state index in [4.69, 9.17) is 10.8 Å². The summed E-state index contributed by atoms with van der Waals surface area (Å²) in [5.41, 5.74) is 5.35. The topological polar surface area (TPSA) is 109 Å². The van der Waals surface area contributed by atoms with Crippen LogP contribution in [0.4, 0.5) is 0 Å². The molecular weight excluding hydrogens is 280 g/mol. The molecule has 0 bridgehead atoms. The predicted molar refractivity (Wildman–Crippen MR) is 75.5 cm³/mol. The third-order valence-electron chi connectivity index (χ3n) is 2.61. The number of benzene rings is 1. The molecule has 0 aliphatic rings. The van der Waals surface area contributed by atoms with E-state index in [-0.39, 0.29) is 12.8 Å². The van der Waals surface area contributed by atoms with E-state index in [0.29, 0.717) is 5.56 Å². The number of hydrogen-bond donors (Lipinski definition) is 3. The Morgan fingerprint density at radius 3 is 2.65 bits per heavy atom. The Bertz CT molecular complexity index is 519. The van der Waals surface area contributed by atoms with Crippen LogP contribution in [0.25, 0.3) is 0 Å². The molecule has 6 nitrogen and oxygen atoms in total. The highest BCUT2D eigenvalue weighted by molar-refractivity contribution is 7.98. The molecule has 0 aliphatic heterocycles. The zero-order chi connectivity index (χ0) is 15.1. The maximum atomic E-state index is 12.0. The van der Waals surface area contributed by atoms with Crippen LogP contribution in [-0.2, 0) is 9.59 Å². The van der Waals surface area contributed by atoms with Gasteiger partial charge in [-0.2, -0.15) is 0 Å². The van der Waals surface area contributed by atoms with Crippen LogP contribution in [0.3, 0.4) is 0 Å². The molecule has 4 N–H and O–H groups in total. The number of primary amides is 1. The first kappa shape index (κ1) is 16.0. The van der Waals surface area contributed by atoms with Crippen LogP contribution in [0.2, 0.25) is 0 Å². The highest BCUT2D eigenvalue weighted by atomic mass is 32.2. The van der Waals surface area contributed by atoms with Crippen LogP contribution >= 0.6 is 11.8 Å². The van der Waals surface area contributed by atoms with Crippen molar-refractivity contribution in [3.63, 3.8) is 0 Å². The van der Waals surface area contributed by atoms with Crippen molar-refractivity contribution >= 4 is 29.5 Å². The van der Waals surface area contributed by atoms with E-state index in [0.717, 1.165) is 4.90 Å². The van der Waals surface area contributed by atoms with Gasteiger partial charge in [0.15, 0.2) is 0 Å². The Labute approximate surface area is 120 Å². The summed E-state index contributed by atoms with van der Waals surface area (Å²) in [5.74, 6) is -2.28. The molecular formula is C13H16N2O4S. The second-order valence-electron chi connectivity index (χ2n) is 4.10. The molecule has 1 unspecified atom stereocenters. The minimum Gasteiger partial charge on any atom is -0.480 e. The Morgan fingerprint density at radius 1 is 1.40 bits per heavy atom. The largest absolute Gasteiger partial charge is 0.480 e. The molecule has 1 aromatic carbocycles. The van der Waals surface area contributed by atoms with Crippen LogP contribution in [0, 0.1) is 0 Å². The van der Waals surface area contributed by atoms with Crippen molar-refractivity contribution in [3.8, 4) is 0 Å². The lowest BCUT2D eigenvalue weighted by molar-refractivity contribution is -0.139. The molecule has 0 aliphatic carbocycles. The van der Waals surface area contributed by atoms with E-state index < -0.39 is 23.8 Å². The molecule has 1 atom stereocenters. The van der Waals surface area contributed by atoms with E-state index in [1.165, 1.54) is 11.8 Å². The SMILES string of the molecule is CSc1cccc(C(=O)NC(CCC(N)=O)C(=O)O)c1. The summed E-state index contributed by atoms with van der Waals surface area (Å²) in [6.07, 6.45) is 1.75. The van der Waals surface area contributed by atoms with Gasteiger partial charge in [-0.15, -0.1) is 11.8 Å². The first-order chi connectivity index (χ1) is 9.43. The van der Waals surface area contributed by atoms with Gasteiger partial charge in [-0.25, -0.2) is 4.79 Å². The standard InChI is InChI=1S/C13H16N2O4S/c1-20-9-4-2-3-8(7-9)12(17)15-10(13(18)19)5-6-11(14)16/h2-4,7,10H,5-6H2,1H3,(H2,14,16)(H,15,17)(H,18,19). The van der Waals surface area contributed by atoms with Crippen LogP contribution in [0.15, 0.2) is 29.2 Å². The molecule has 108 valence electrons. The lowest BCUT2D eigenvalue weighted by atomic mass is 10.1. The minimum absolute atomic E-state index is 0.0291. The quantitative estimate of drug-likeness (QED) is 0.646. The Kier molecular flexibility index (Phi) is 6.05. The number of amides is 2. The summed E-state index contributed by atoms with van der Waals surface area (Å²) in [7, 11) is 0. The van der Waals surface area contributed by atoms with Gasteiger partial charge in [-0.05, 0) is 30.9 Å². The van der Waals surface area contributed by atoms with Crippen LogP contribution in [0.1, 0.15) is 23.2 Å². The first-order valence-corrected chi connectivity index (χ1v) is 7.12. The van der Waals surface area contributed by atoms with Gasteiger partial charge in [-0.1, -0.05) is 6.07 Å². The van der Waals surface area contributed by atoms with Gasteiger partial charge in [-0.3, -0.25) is 9.59 Å². The van der Waals surface area contributed by atoms with E-state index >= 15 is 0 Å². The monoisotopic (exact) mass is 296 g/mol. The molecule has 0 saturated heterocycles. The van der Waals surface area contributed by atoms with Gasteiger partial charge >= 0.3 is 5.97 Å². The Morgan fingerprint density at radius 2 is 2.10 bits per heavy atom. The number of carboxylic acid groups (broad SMARTS) is 1. The second kappa shape index (κ2) is 7.54. The van der Waals surface area contributed by atoms with E-state index in [9.17, 15) is 14.4 Å². The number of rotatable bonds is 7. The summed E-state index contributed by atoms with van der Waals surface area (Å²) in [5, 5.41) is 11.4. The van der Waals surface area contributed by atoms with Crippen LogP contribution in [-0.4, -0.2) is 35.2 Å². The van der Waals surface area contributed by atoms with Gasteiger partial charge in [0.05, 0.1) is 0 Å². The number of carbonyl (C=O) groups excluding carboxylic acids is 2. The second-order valence-corrected chi connectivity index (χ2v) is 4.98. The summed E-state index contributed by atoms with van der Waals surface area (Å²) >= 11 is 1.48. The molecule has 0 heterocycles. The van der Waals surface area contributed by atoms with Gasteiger partial charge in [0.2, 0.25) is 5.91 Å². The van der Waals surface area contributed by atoms with Crippen molar-refractivity contribution in [3.05, 3.63) is 29.8 Å². The van der Waals surface area contributed by atoms with Gasteiger partial charge in [0.25, 0.3) is 5.91 Å². The summed E-state index contributed by atoms with van der Waals surface area (Å²) in [6.45, 7) is 0. The number of nitrogens with one attached hydrogen (secondary N) is 1. The van der Waals surface area contributed by atoms with Gasteiger partial charge in [0, 0.05) is 16.9 Å². The van der Waals surface area contributed by atoms with Crippen molar-refractivity contribution < 1.29 is 19.5 Å². The van der Waals surface area contributed by atoms with Crippen molar-refractivity contribution in [2.24, 2.45) is 5.73 Å². The number of carboxylic acids is 1. The number of carbonyl (C=O) groups is 3. The fourth-order valence-corrected chi connectivity index (χ4v) is 2.01. The molecule has 0 saturated carbocycles. The fraction of sp³-hybridized carbons (Fsp3) is 0.308. The van der Waals surface area contributed by atoms with Crippen molar-refractivity contribution in [1.29, 1.82) is 0 Å². The van der Waals surface area contributed by atoms with E-state index in [2.05, 4.69) is 5.32 Å². The number of nitrogens with two attached hydrogens (primary N) is 1. The fourth-order valence-electron chi connectivity index (χ4n) is 1.55. The smallest absolute Gasteiger partial charge is 0.326 e. The third-order valence-corrected chi connectivity index (χ3v) is 3.34. The summed E-state index contributed by atoms with van der Waals surface area (Å²) in [4.78, 5) is 34.6. The molecule has 0 aromatic heterocycles. The molecule has 0 fully saturated rings. The van der Waals surface area contributed by atoms with Crippen LogP contribution in [0.5, 0.6) is 0 Å². The van der Waals surface area contributed by atoms with E-state index in [1.807, 2.05) is 12.3 Å². The number of thioether (sulfide) groups is 1. The normalized spacial score (nSPS) is 11.7. The summed E-state index contributed by atoms with van der Waals surface area (Å²) < 4.78 is 0. The molecule has 1 aromatic rings. The molecule has 0 spiro atoms. The average molecular weight is 296 g/mol. The average Bonchev–Trinajstić information content (AvgIpc) is 2.42. The lowest BCUT2D eigenvalue weighted by Gasteiger charge is -2.14. The molecule has 7 heteroatoms. The van der Waals surface area contributed by atoms with Crippen LogP contribution < -0.4 is 11.1 Å². The molecule has 20 heavy (non-hydrogen) atoms. The van der Waals surface area contributed by atoms with Crippen molar-refractivity contribution in [2.75, 3.05) is 6.26 Å². The van der Waals surface area contributed by atoms with Gasteiger partial charge in [0.1, 0.15) is 6.04 Å². The first-order valence-electron chi connectivity index (χ1n) is 5.90. The molecule has 0 radical (unpaired) electrons. The lowest BCUT2D eigenvalue weighted by Crippen LogP contribution is -2.41. The zero-order valence-corrected chi connectivity index (χ0v) is 11.8. The molecule has 1 rings (SSSR count). The summed E-state index contributed by atoms with van der Waals surface area (Å²) in [6, 6.07) is 5.71. The zero-order valence-electron chi connectivity index (χ0n) is 11.0. The van der Waals surface area contributed by atoms with Crippen molar-refractivity contribution in [1.82, 2.24) is 5.32 Å². The van der Waals surface area contributed by atoms with E-state index in [1.54, 1.807) is 18.2 Å².